The van der Waals surface area contributed by atoms with E-state index in [9.17, 15) is 15.2 Å². The molecule has 0 saturated heterocycles. The van der Waals surface area contributed by atoms with Crippen LogP contribution < -0.4 is 5.32 Å². The summed E-state index contributed by atoms with van der Waals surface area (Å²) in [5.41, 5.74) is 0.698. The number of hydrogen-bond acceptors (Lipinski definition) is 4. The molecule has 6 heteroatoms. The molecule has 0 saturated carbocycles. The quantitative estimate of drug-likeness (QED) is 0.841. The Bertz CT molecular complexity index is 695. The first kappa shape index (κ1) is 17.5. The molecule has 0 radical (unpaired) electrons. The van der Waals surface area contributed by atoms with E-state index in [0.29, 0.717) is 11.3 Å². The SMILES string of the molecule is COCC1NC(C)=C(C#N)C(c2ccccc2Br)C1(C)C(=O)O. The lowest BCUT2D eigenvalue weighted by Crippen LogP contribution is -2.57. The summed E-state index contributed by atoms with van der Waals surface area (Å²) in [6, 6.07) is 9.17. The Morgan fingerprint density at radius 3 is 2.70 bits per heavy atom. The van der Waals surface area contributed by atoms with Gasteiger partial charge in [0.2, 0.25) is 0 Å². The van der Waals surface area contributed by atoms with Crippen LogP contribution in [0.3, 0.4) is 0 Å². The molecule has 2 N–H and O–H groups in total. The first-order valence-electron chi connectivity index (χ1n) is 7.22. The summed E-state index contributed by atoms with van der Waals surface area (Å²) in [5.74, 6) is -1.53. The van der Waals surface area contributed by atoms with Crippen molar-refractivity contribution in [3.8, 4) is 6.07 Å². The van der Waals surface area contributed by atoms with Gasteiger partial charge in [0.05, 0.1) is 29.7 Å². The highest BCUT2D eigenvalue weighted by Gasteiger charge is 2.53. The van der Waals surface area contributed by atoms with E-state index in [-0.39, 0.29) is 6.61 Å². The number of rotatable bonds is 4. The van der Waals surface area contributed by atoms with E-state index in [1.807, 2.05) is 24.3 Å². The number of benzene rings is 1. The minimum absolute atomic E-state index is 0.236. The normalized spacial score (nSPS) is 27.3. The Morgan fingerprint density at radius 1 is 1.52 bits per heavy atom. The zero-order valence-corrected chi connectivity index (χ0v) is 14.8. The third-order valence-corrected chi connectivity index (χ3v) is 5.26. The molecule has 1 aromatic rings. The van der Waals surface area contributed by atoms with Gasteiger partial charge in [-0.25, -0.2) is 0 Å². The van der Waals surface area contributed by atoms with Crippen LogP contribution in [-0.4, -0.2) is 30.8 Å². The highest BCUT2D eigenvalue weighted by molar-refractivity contribution is 9.10. The first-order chi connectivity index (χ1) is 10.9. The Labute approximate surface area is 144 Å². The third kappa shape index (κ3) is 2.87. The fraction of sp³-hybridized carbons (Fsp3) is 0.412. The number of methoxy groups -OCH3 is 1. The third-order valence-electron chi connectivity index (χ3n) is 4.54. The molecule has 3 atom stereocenters. The van der Waals surface area contributed by atoms with Gasteiger partial charge in [-0.1, -0.05) is 34.1 Å². The number of allylic oxidation sites excluding steroid dienone is 2. The Morgan fingerprint density at radius 2 is 2.17 bits per heavy atom. The van der Waals surface area contributed by atoms with Gasteiger partial charge in [0.15, 0.2) is 0 Å². The first-order valence-corrected chi connectivity index (χ1v) is 8.01. The fourth-order valence-corrected chi connectivity index (χ4v) is 3.71. The second-order valence-corrected chi connectivity index (χ2v) is 6.70. The van der Waals surface area contributed by atoms with Gasteiger partial charge in [0, 0.05) is 23.2 Å². The van der Waals surface area contributed by atoms with E-state index in [2.05, 4.69) is 27.3 Å². The van der Waals surface area contributed by atoms with Crippen molar-refractivity contribution >= 4 is 21.9 Å². The van der Waals surface area contributed by atoms with E-state index < -0.39 is 23.3 Å². The van der Waals surface area contributed by atoms with Gasteiger partial charge < -0.3 is 15.2 Å². The minimum atomic E-state index is -1.22. The molecule has 5 nitrogen and oxygen atoms in total. The molecule has 0 spiro atoms. The van der Waals surface area contributed by atoms with Crippen molar-refractivity contribution in [1.29, 1.82) is 5.26 Å². The van der Waals surface area contributed by atoms with Crippen molar-refractivity contribution in [2.24, 2.45) is 5.41 Å². The summed E-state index contributed by atoms with van der Waals surface area (Å²) in [6.45, 7) is 3.70. The van der Waals surface area contributed by atoms with E-state index in [1.165, 1.54) is 7.11 Å². The molecule has 3 unspecified atom stereocenters. The zero-order chi connectivity index (χ0) is 17.2. The number of carboxylic acid groups (broad SMARTS) is 1. The average molecular weight is 379 g/mol. The Hall–Kier alpha value is -1.84. The van der Waals surface area contributed by atoms with Gasteiger partial charge >= 0.3 is 5.97 Å². The predicted octanol–water partition coefficient (Wildman–Crippen LogP) is 3.04. The van der Waals surface area contributed by atoms with Gasteiger partial charge in [-0.2, -0.15) is 5.26 Å². The summed E-state index contributed by atoms with van der Waals surface area (Å²) in [5, 5.41) is 22.7. The summed E-state index contributed by atoms with van der Waals surface area (Å²) in [6.07, 6.45) is 0. The molecule has 1 aliphatic heterocycles. The van der Waals surface area contributed by atoms with Crippen molar-refractivity contribution in [3.63, 3.8) is 0 Å². The molecular weight excluding hydrogens is 360 g/mol. The van der Waals surface area contributed by atoms with Crippen LogP contribution in [0.4, 0.5) is 0 Å². The number of hydrogen-bond donors (Lipinski definition) is 2. The zero-order valence-electron chi connectivity index (χ0n) is 13.3. The van der Waals surface area contributed by atoms with Gasteiger partial charge in [-0.15, -0.1) is 0 Å². The number of carbonyl (C=O) groups is 1. The number of nitrogens with zero attached hydrogens (tertiary/aromatic N) is 1. The molecule has 2 rings (SSSR count). The molecule has 1 aromatic carbocycles. The Kier molecular flexibility index (Phi) is 5.12. The highest BCUT2D eigenvalue weighted by Crippen LogP contribution is 2.49. The predicted molar refractivity (Wildman–Crippen MR) is 89.7 cm³/mol. The summed E-state index contributed by atoms with van der Waals surface area (Å²) in [4.78, 5) is 12.2. The van der Waals surface area contributed by atoms with Crippen molar-refractivity contribution in [1.82, 2.24) is 5.32 Å². The average Bonchev–Trinajstić information content (AvgIpc) is 2.51. The van der Waals surface area contributed by atoms with Crippen LogP contribution in [0.2, 0.25) is 0 Å². The molecule has 0 fully saturated rings. The molecule has 23 heavy (non-hydrogen) atoms. The fourth-order valence-electron chi connectivity index (χ4n) is 3.20. The van der Waals surface area contributed by atoms with Gasteiger partial charge in [0.25, 0.3) is 0 Å². The monoisotopic (exact) mass is 378 g/mol. The maximum atomic E-state index is 12.2. The maximum Gasteiger partial charge on any atom is 0.312 e. The lowest BCUT2D eigenvalue weighted by Gasteiger charge is -2.45. The van der Waals surface area contributed by atoms with Gasteiger partial charge in [0.1, 0.15) is 0 Å². The molecule has 0 bridgehead atoms. The highest BCUT2D eigenvalue weighted by atomic mass is 79.9. The molecule has 122 valence electrons. The Balaban J connectivity index is 2.74. The van der Waals surface area contributed by atoms with Crippen LogP contribution in [0, 0.1) is 16.7 Å². The number of halogens is 1. The van der Waals surface area contributed by atoms with Crippen LogP contribution in [-0.2, 0) is 9.53 Å². The van der Waals surface area contributed by atoms with Gasteiger partial charge in [-0.3, -0.25) is 4.79 Å². The van der Waals surface area contributed by atoms with Crippen molar-refractivity contribution in [2.45, 2.75) is 25.8 Å². The smallest absolute Gasteiger partial charge is 0.312 e. The van der Waals surface area contributed by atoms with Gasteiger partial charge in [-0.05, 0) is 25.5 Å². The largest absolute Gasteiger partial charge is 0.481 e. The molecule has 0 aromatic heterocycles. The standard InChI is InChI=1S/C17H19BrN2O3/c1-10-12(8-19)15(11-6-4-5-7-13(11)18)17(2,16(21)22)14(20-10)9-23-3/h4-7,14-15,20H,9H2,1-3H3,(H,21,22). The number of nitrogens with one attached hydrogen (secondary N) is 1. The second-order valence-electron chi connectivity index (χ2n) is 5.85. The van der Waals surface area contributed by atoms with Crippen molar-refractivity contribution in [2.75, 3.05) is 13.7 Å². The van der Waals surface area contributed by atoms with Crippen molar-refractivity contribution < 1.29 is 14.6 Å². The molecule has 1 aliphatic rings. The van der Waals surface area contributed by atoms with E-state index in [1.54, 1.807) is 13.8 Å². The van der Waals surface area contributed by atoms with E-state index >= 15 is 0 Å². The molecule has 1 heterocycles. The summed E-state index contributed by atoms with van der Waals surface area (Å²) >= 11 is 3.49. The molecule has 0 aliphatic carbocycles. The minimum Gasteiger partial charge on any atom is -0.481 e. The summed E-state index contributed by atoms with van der Waals surface area (Å²) < 4.78 is 6.00. The summed E-state index contributed by atoms with van der Waals surface area (Å²) in [7, 11) is 1.54. The topological polar surface area (TPSA) is 82.3 Å². The van der Waals surface area contributed by atoms with Crippen LogP contribution in [0.1, 0.15) is 25.3 Å². The number of aliphatic carboxylic acids is 1. The maximum absolute atomic E-state index is 12.2. The molecule has 0 amide bonds. The van der Waals surface area contributed by atoms with Crippen LogP contribution >= 0.6 is 15.9 Å². The van der Waals surface area contributed by atoms with Crippen LogP contribution in [0.15, 0.2) is 40.0 Å². The van der Waals surface area contributed by atoms with E-state index in [4.69, 9.17) is 4.74 Å². The second kappa shape index (κ2) is 6.73. The van der Waals surface area contributed by atoms with Crippen LogP contribution in [0.25, 0.3) is 0 Å². The van der Waals surface area contributed by atoms with Crippen LogP contribution in [0.5, 0.6) is 0 Å². The lowest BCUT2D eigenvalue weighted by molar-refractivity contribution is -0.152. The van der Waals surface area contributed by atoms with Crippen molar-refractivity contribution in [3.05, 3.63) is 45.6 Å². The lowest BCUT2D eigenvalue weighted by atomic mass is 9.63. The number of nitriles is 1. The number of carboxylic acids is 1. The number of ether oxygens (including phenoxy) is 1. The van der Waals surface area contributed by atoms with E-state index in [0.717, 1.165) is 10.0 Å². The molecular formula is C17H19BrN2O3.